The summed E-state index contributed by atoms with van der Waals surface area (Å²) in [5, 5.41) is 0. The van der Waals surface area contributed by atoms with Crippen molar-refractivity contribution in [2.45, 2.75) is 129 Å². The summed E-state index contributed by atoms with van der Waals surface area (Å²) in [6.45, 7) is 3.52. The van der Waals surface area contributed by atoms with Crippen molar-refractivity contribution in [2.24, 2.45) is 5.73 Å². The summed E-state index contributed by atoms with van der Waals surface area (Å²) < 4.78 is 32.1. The van der Waals surface area contributed by atoms with E-state index in [2.05, 4.69) is 26.0 Å². The first-order valence-corrected chi connectivity index (χ1v) is 16.2. The third kappa shape index (κ3) is 25.1. The first-order chi connectivity index (χ1) is 18.3. The number of hydrogen-bond donors (Lipinski definition) is 2. The van der Waals surface area contributed by atoms with E-state index in [0.717, 1.165) is 57.8 Å². The van der Waals surface area contributed by atoms with Gasteiger partial charge in [0.1, 0.15) is 6.61 Å². The Morgan fingerprint density at radius 2 is 1.29 bits per heavy atom. The predicted octanol–water partition coefficient (Wildman–Crippen LogP) is 6.76. The molecule has 9 nitrogen and oxygen atoms in total. The molecular weight excluding hydrogens is 509 g/mol. The second kappa shape index (κ2) is 26.0. The molecule has 0 heterocycles. The minimum atomic E-state index is -4.34. The van der Waals surface area contributed by atoms with Crippen LogP contribution in [0.1, 0.15) is 123 Å². The zero-order valence-corrected chi connectivity index (χ0v) is 24.8. The molecule has 0 bridgehead atoms. The van der Waals surface area contributed by atoms with E-state index in [1.807, 2.05) is 0 Å². The lowest BCUT2D eigenvalue weighted by molar-refractivity contribution is -0.161. The number of carbonyl (C=O) groups excluding carboxylic acids is 2. The Bertz CT molecular complexity index is 659. The number of carbonyl (C=O) groups is 2. The summed E-state index contributed by atoms with van der Waals surface area (Å²) in [5.74, 6) is -0.862. The van der Waals surface area contributed by atoms with E-state index in [1.54, 1.807) is 0 Å². The Hall–Kier alpha value is -1.25. The second-order valence-corrected chi connectivity index (χ2v) is 11.1. The molecule has 0 spiro atoms. The Morgan fingerprint density at radius 3 is 1.89 bits per heavy atom. The number of nitrogens with two attached hydrogens (primary N) is 1. The molecule has 10 heteroatoms. The van der Waals surface area contributed by atoms with E-state index >= 15 is 0 Å². The highest BCUT2D eigenvalue weighted by Crippen LogP contribution is 2.43. The predicted molar refractivity (Wildman–Crippen MR) is 151 cm³/mol. The van der Waals surface area contributed by atoms with Crippen molar-refractivity contribution < 1.29 is 37.6 Å². The highest BCUT2D eigenvalue weighted by atomic mass is 31.2. The summed E-state index contributed by atoms with van der Waals surface area (Å²) in [4.78, 5) is 34.0. The molecule has 0 aromatic rings. The van der Waals surface area contributed by atoms with E-state index in [1.165, 1.54) is 32.1 Å². The van der Waals surface area contributed by atoms with Gasteiger partial charge in [-0.1, -0.05) is 83.8 Å². The van der Waals surface area contributed by atoms with Gasteiger partial charge in [0.25, 0.3) is 0 Å². The Morgan fingerprint density at radius 1 is 0.763 bits per heavy atom. The number of allylic oxidation sites excluding steroid dienone is 2. The lowest BCUT2D eigenvalue weighted by Crippen LogP contribution is -2.29. The smallest absolute Gasteiger partial charge is 0.462 e. The molecule has 224 valence electrons. The van der Waals surface area contributed by atoms with Crippen LogP contribution in [0, 0.1) is 0 Å². The summed E-state index contributed by atoms with van der Waals surface area (Å²) >= 11 is 0. The monoisotopic (exact) mass is 563 g/mol. The number of phosphoric ester groups is 1. The maximum absolute atomic E-state index is 12.2. The van der Waals surface area contributed by atoms with Crippen LogP contribution in [-0.2, 0) is 32.7 Å². The average molecular weight is 564 g/mol. The molecule has 0 rings (SSSR count). The van der Waals surface area contributed by atoms with Gasteiger partial charge in [0.15, 0.2) is 6.10 Å². The summed E-state index contributed by atoms with van der Waals surface area (Å²) in [6, 6.07) is 0. The molecule has 38 heavy (non-hydrogen) atoms. The van der Waals surface area contributed by atoms with E-state index < -0.39 is 32.5 Å². The fourth-order valence-corrected chi connectivity index (χ4v) is 4.45. The molecule has 2 atom stereocenters. The SMILES string of the molecule is CCCCCC/C=C\CCCCCCCC(=O)OC[C@H](COP(=O)(O)OCCN)OC(=O)CCCCCC. The lowest BCUT2D eigenvalue weighted by atomic mass is 10.1. The number of phosphoric acid groups is 1. The molecule has 0 aromatic carbocycles. The average Bonchev–Trinajstić information content (AvgIpc) is 2.89. The van der Waals surface area contributed by atoms with Crippen LogP contribution in [0.4, 0.5) is 0 Å². The van der Waals surface area contributed by atoms with Crippen molar-refractivity contribution in [3.63, 3.8) is 0 Å². The highest BCUT2D eigenvalue weighted by molar-refractivity contribution is 7.47. The summed E-state index contributed by atoms with van der Waals surface area (Å²) in [6.07, 6.45) is 20.2. The number of ether oxygens (including phenoxy) is 2. The second-order valence-electron chi connectivity index (χ2n) is 9.62. The van der Waals surface area contributed by atoms with Gasteiger partial charge in [-0.05, 0) is 38.5 Å². The molecule has 0 aliphatic heterocycles. The van der Waals surface area contributed by atoms with Crippen LogP contribution in [0.15, 0.2) is 12.2 Å². The van der Waals surface area contributed by atoms with Crippen LogP contribution < -0.4 is 5.73 Å². The van der Waals surface area contributed by atoms with Crippen molar-refractivity contribution in [1.29, 1.82) is 0 Å². The van der Waals surface area contributed by atoms with Crippen LogP contribution in [0.25, 0.3) is 0 Å². The van der Waals surface area contributed by atoms with Crippen LogP contribution in [0.5, 0.6) is 0 Å². The third-order valence-electron chi connectivity index (χ3n) is 5.90. The zero-order chi connectivity index (χ0) is 28.3. The molecule has 1 unspecified atom stereocenters. The first-order valence-electron chi connectivity index (χ1n) is 14.7. The number of rotatable bonds is 27. The molecule has 0 radical (unpaired) electrons. The minimum Gasteiger partial charge on any atom is -0.462 e. The van der Waals surface area contributed by atoms with Gasteiger partial charge in [-0.25, -0.2) is 4.57 Å². The maximum atomic E-state index is 12.2. The van der Waals surface area contributed by atoms with Crippen LogP contribution in [0.2, 0.25) is 0 Å². The van der Waals surface area contributed by atoms with Crippen LogP contribution >= 0.6 is 7.82 Å². The molecule has 0 aliphatic rings. The quantitative estimate of drug-likeness (QED) is 0.0481. The van der Waals surface area contributed by atoms with Gasteiger partial charge in [0.2, 0.25) is 0 Å². The van der Waals surface area contributed by atoms with Crippen LogP contribution in [-0.4, -0.2) is 49.3 Å². The number of esters is 2. The van der Waals surface area contributed by atoms with Gasteiger partial charge in [-0.15, -0.1) is 0 Å². The van der Waals surface area contributed by atoms with Crippen molar-refractivity contribution in [3.05, 3.63) is 12.2 Å². The molecular formula is C28H54NO8P. The van der Waals surface area contributed by atoms with Gasteiger partial charge in [0.05, 0.1) is 13.2 Å². The van der Waals surface area contributed by atoms with Gasteiger partial charge in [-0.3, -0.25) is 18.6 Å². The largest absolute Gasteiger partial charge is 0.472 e. The lowest BCUT2D eigenvalue weighted by Gasteiger charge is -2.19. The van der Waals surface area contributed by atoms with Crippen LogP contribution in [0.3, 0.4) is 0 Å². The van der Waals surface area contributed by atoms with Crippen molar-refractivity contribution in [1.82, 2.24) is 0 Å². The number of hydrogen-bond acceptors (Lipinski definition) is 8. The van der Waals surface area contributed by atoms with Gasteiger partial charge in [-0.2, -0.15) is 0 Å². The molecule has 0 aliphatic carbocycles. The zero-order valence-electron chi connectivity index (χ0n) is 23.9. The van der Waals surface area contributed by atoms with E-state index in [0.29, 0.717) is 6.42 Å². The van der Waals surface area contributed by atoms with E-state index in [-0.39, 0.29) is 32.6 Å². The standard InChI is InChI=1S/C28H54NO8P/c1-3-5-7-9-10-11-12-13-14-15-16-17-19-20-27(30)34-24-26(25-36-38(32,33)35-23-22-29)37-28(31)21-18-8-6-4-2/h11-12,26H,3-10,13-25,29H2,1-2H3,(H,32,33)/b12-11-/t26-/m1/s1. The molecule has 0 saturated carbocycles. The summed E-state index contributed by atoms with van der Waals surface area (Å²) in [5.41, 5.74) is 5.27. The van der Waals surface area contributed by atoms with Crippen molar-refractivity contribution in [3.8, 4) is 0 Å². The minimum absolute atomic E-state index is 0.0535. The molecule has 0 aromatic heterocycles. The normalized spacial score (nSPS) is 13.9. The molecule has 0 amide bonds. The maximum Gasteiger partial charge on any atom is 0.472 e. The Kier molecular flexibility index (Phi) is 25.1. The highest BCUT2D eigenvalue weighted by Gasteiger charge is 2.25. The van der Waals surface area contributed by atoms with E-state index in [4.69, 9.17) is 24.3 Å². The molecule has 0 saturated heterocycles. The topological polar surface area (TPSA) is 134 Å². The van der Waals surface area contributed by atoms with Gasteiger partial charge >= 0.3 is 19.8 Å². The van der Waals surface area contributed by atoms with E-state index in [9.17, 15) is 19.0 Å². The molecule has 0 fully saturated rings. The fraction of sp³-hybridized carbons (Fsp3) is 0.857. The fourth-order valence-electron chi connectivity index (χ4n) is 3.68. The van der Waals surface area contributed by atoms with Gasteiger partial charge in [0, 0.05) is 19.4 Å². The Balaban J connectivity index is 4.21. The Labute approximate surface area is 230 Å². The first kappa shape index (κ1) is 36.8. The van der Waals surface area contributed by atoms with Gasteiger partial charge < -0.3 is 20.1 Å². The molecule has 3 N–H and O–H groups in total. The summed E-state index contributed by atoms with van der Waals surface area (Å²) in [7, 11) is -4.34. The van der Waals surface area contributed by atoms with Crippen molar-refractivity contribution in [2.75, 3.05) is 26.4 Å². The van der Waals surface area contributed by atoms with Crippen molar-refractivity contribution >= 4 is 19.8 Å². The third-order valence-corrected chi connectivity index (χ3v) is 6.89. The number of unbranched alkanes of at least 4 members (excludes halogenated alkanes) is 12.